The Bertz CT molecular complexity index is 2030. The molecule has 0 aromatic heterocycles. The van der Waals surface area contributed by atoms with Crippen molar-refractivity contribution in [3.05, 3.63) is 95.5 Å². The fourth-order valence-corrected chi connectivity index (χ4v) is 8.24. The molecule has 0 aliphatic carbocycles. The fraction of sp³-hybridized carbons (Fsp3) is 0.577. The third-order valence-corrected chi connectivity index (χ3v) is 11.8. The van der Waals surface area contributed by atoms with Gasteiger partial charge in [-0.05, 0) is 104 Å². The van der Waals surface area contributed by atoms with Crippen LogP contribution in [0.3, 0.4) is 0 Å². The molecule has 2 atom stereocenters. The van der Waals surface area contributed by atoms with E-state index in [0.717, 1.165) is 76.6 Å². The van der Waals surface area contributed by atoms with Gasteiger partial charge in [0.05, 0.1) is 24.3 Å². The number of hydrogen-bond donors (Lipinski definition) is 0. The first kappa shape index (κ1) is 63.9. The summed E-state index contributed by atoms with van der Waals surface area (Å²) in [5.74, 6) is -9.54. The number of unbranched alkanes of at least 4 members (excludes halogenated alkanes) is 6. The second kappa shape index (κ2) is 32.8. The number of aldehydes is 1. The number of ether oxygens (including phenoxy) is 2. The number of hydrogen-bond acceptors (Lipinski definition) is 10. The van der Waals surface area contributed by atoms with Crippen LogP contribution in [-0.4, -0.2) is 96.3 Å². The number of likely N-dealkylation sites (tertiary alicyclic amines) is 2. The number of nitrogens with zero attached hydrogens (tertiary/aromatic N) is 2. The van der Waals surface area contributed by atoms with Gasteiger partial charge in [0.2, 0.25) is 17.6 Å². The Kier molecular flexibility index (Phi) is 29.9. The Balaban J connectivity index is 0.000000558. The monoisotopic (exact) mass is 1010 g/mol. The molecule has 0 unspecified atom stereocenters. The Hall–Kier alpha value is -4.11. The van der Waals surface area contributed by atoms with Gasteiger partial charge in [0, 0.05) is 49.9 Å². The number of rotatable bonds is 24. The minimum Gasteiger partial charge on any atom is -0.871 e. The maximum absolute atomic E-state index is 14.4. The van der Waals surface area contributed by atoms with Gasteiger partial charge in [-0.2, -0.15) is 17.6 Å². The summed E-state index contributed by atoms with van der Waals surface area (Å²) < 4.78 is 77.4. The number of piperidine rings is 2. The smallest absolute Gasteiger partial charge is 0.871 e. The van der Waals surface area contributed by atoms with Crippen LogP contribution < -0.4 is 34.7 Å². The number of esters is 2. The van der Waals surface area contributed by atoms with Crippen molar-refractivity contribution in [1.82, 2.24) is 9.80 Å². The van der Waals surface area contributed by atoms with E-state index in [4.69, 9.17) is 9.47 Å². The van der Waals surface area contributed by atoms with E-state index in [1.165, 1.54) is 67.9 Å². The summed E-state index contributed by atoms with van der Waals surface area (Å²) in [5, 5.41) is 11.3. The maximum Gasteiger partial charge on any atom is 1.00 e. The van der Waals surface area contributed by atoms with Crippen LogP contribution in [0.1, 0.15) is 142 Å². The minimum atomic E-state index is -3.61. The van der Waals surface area contributed by atoms with Gasteiger partial charge in [-0.25, -0.2) is 0 Å². The van der Waals surface area contributed by atoms with Crippen molar-refractivity contribution < 1.29 is 95.0 Å². The average molecular weight is 1020 g/mol. The number of allylic oxidation sites excluding steroid dienone is 2. The molecule has 0 bridgehead atoms. The van der Waals surface area contributed by atoms with E-state index < -0.39 is 30.5 Å². The predicted octanol–water partition coefficient (Wildman–Crippen LogP) is 7.26. The molecule has 2 amide bonds. The standard InChI is InChI=1S/C25H33F2NO4.C16H27NO4.C11H13F2O2P.Na/c1-19(2)32-24(31)15-8-3-4-9-18-28-21(13-10-14-23(28)30)16-17-22(29)25(26,27)20-11-6-5-7-12-20;1-13(2)21-16(20)10-5-3-4-6-11-17-14(12-18)8-7-9-15(17)19;1-16(2,15)8-10(14)11(12,13)9-6-4-3-5-7-9;/h5-7,11-12,16-17,19,21H,3-4,8-10,13-15,18H2,1-2H3;12-14H,3-11H2,1-2H3;3-8,14H,1-2H3;/q;;;+1/p-1/b17-16+;;10-8-;/t21-;14-;;/m11../s1. The van der Waals surface area contributed by atoms with Crippen molar-refractivity contribution in [2.24, 2.45) is 0 Å². The summed E-state index contributed by atoms with van der Waals surface area (Å²) >= 11 is 0. The molecule has 0 radical (unpaired) electrons. The van der Waals surface area contributed by atoms with E-state index in [1.807, 2.05) is 27.7 Å². The Morgan fingerprint density at radius 2 is 1.09 bits per heavy atom. The molecule has 2 fully saturated rings. The molecule has 0 N–H and O–H groups in total. The minimum absolute atomic E-state index is 0. The van der Waals surface area contributed by atoms with E-state index in [9.17, 15) is 56.0 Å². The van der Waals surface area contributed by atoms with E-state index in [2.05, 4.69) is 0 Å². The topological polar surface area (TPSA) is 167 Å². The zero-order valence-electron chi connectivity index (χ0n) is 42.1. The predicted molar refractivity (Wildman–Crippen MR) is 256 cm³/mol. The molecule has 0 saturated carbocycles. The molecule has 12 nitrogen and oxygen atoms in total. The van der Waals surface area contributed by atoms with Crippen molar-refractivity contribution in [2.75, 3.05) is 26.4 Å². The third kappa shape index (κ3) is 24.3. The number of halogens is 4. The van der Waals surface area contributed by atoms with Gasteiger partial charge >= 0.3 is 47.4 Å². The largest absolute Gasteiger partial charge is 1.00 e. The van der Waals surface area contributed by atoms with Gasteiger partial charge in [-0.15, -0.1) is 0 Å². The molecule has 18 heteroatoms. The van der Waals surface area contributed by atoms with Crippen LogP contribution >= 0.6 is 7.14 Å². The Morgan fingerprint density at radius 3 is 1.50 bits per heavy atom. The van der Waals surface area contributed by atoms with E-state index in [1.54, 1.807) is 21.9 Å². The SMILES string of the molecule is CC(C)OC(=O)CCCCCCN1C(=O)CCC[C@@H]1/C=C/C(=O)C(F)(F)c1ccccc1.CC(C)OC(=O)CCCCCCN1C(=O)CCC[C@@H]1C=O.CP(C)(=O)/C=C(\[O-])C(F)(F)c1ccccc1.[Na+]. The summed E-state index contributed by atoms with van der Waals surface area (Å²) in [7, 11) is -2.89. The number of carbonyl (C=O) groups excluding carboxylic acids is 6. The van der Waals surface area contributed by atoms with Crippen LogP contribution in [0.15, 0.2) is 84.4 Å². The summed E-state index contributed by atoms with van der Waals surface area (Å²) in [6.07, 6.45) is 14.6. The van der Waals surface area contributed by atoms with E-state index in [0.29, 0.717) is 57.4 Å². The zero-order chi connectivity index (χ0) is 51.6. The molecule has 384 valence electrons. The summed E-state index contributed by atoms with van der Waals surface area (Å²) in [6, 6.07) is 13.2. The van der Waals surface area contributed by atoms with Crippen molar-refractivity contribution in [3.63, 3.8) is 0 Å². The number of benzene rings is 2. The number of alkyl halides is 4. The van der Waals surface area contributed by atoms with Crippen LogP contribution in [0.2, 0.25) is 0 Å². The molecule has 2 heterocycles. The number of ketones is 1. The van der Waals surface area contributed by atoms with E-state index in [-0.39, 0.29) is 88.7 Å². The first-order chi connectivity index (χ1) is 32.5. The van der Waals surface area contributed by atoms with Crippen molar-refractivity contribution in [3.8, 4) is 0 Å². The Morgan fingerprint density at radius 1 is 0.686 bits per heavy atom. The van der Waals surface area contributed by atoms with Crippen molar-refractivity contribution in [2.45, 2.75) is 167 Å². The van der Waals surface area contributed by atoms with Gasteiger partial charge in [0.15, 0.2) is 0 Å². The normalized spacial score (nSPS) is 16.7. The van der Waals surface area contributed by atoms with Gasteiger partial charge in [0.25, 0.3) is 5.92 Å². The fourth-order valence-electron chi connectivity index (χ4n) is 7.52. The van der Waals surface area contributed by atoms with Gasteiger partial charge in [-0.3, -0.25) is 24.0 Å². The molecule has 2 aliphatic rings. The Labute approximate surface area is 434 Å². The summed E-state index contributed by atoms with van der Waals surface area (Å²) in [6.45, 7) is 11.0. The third-order valence-electron chi connectivity index (χ3n) is 11.0. The average Bonchev–Trinajstić information content (AvgIpc) is 3.28. The van der Waals surface area contributed by atoms with Crippen LogP contribution in [-0.2, 0) is 54.7 Å². The molecule has 2 saturated heterocycles. The summed E-state index contributed by atoms with van der Waals surface area (Å²) in [4.78, 5) is 73.6. The van der Waals surface area contributed by atoms with Gasteiger partial charge < -0.3 is 33.7 Å². The van der Waals surface area contributed by atoms with Crippen molar-refractivity contribution >= 4 is 43.0 Å². The molecule has 0 spiro atoms. The van der Waals surface area contributed by atoms with Crippen LogP contribution in [0, 0.1) is 0 Å². The van der Waals surface area contributed by atoms with Crippen LogP contribution in [0.25, 0.3) is 0 Å². The summed E-state index contributed by atoms with van der Waals surface area (Å²) in [5.41, 5.74) is -0.729. The molecule has 2 aromatic carbocycles. The van der Waals surface area contributed by atoms with Gasteiger partial charge in [0.1, 0.15) is 13.4 Å². The number of carbonyl (C=O) groups is 6. The molecule has 70 heavy (non-hydrogen) atoms. The maximum atomic E-state index is 14.4. The first-order valence-electron chi connectivity index (χ1n) is 24.0. The molecular formula is C52H72F4N2NaO10P. The second-order valence-corrected chi connectivity index (χ2v) is 21.3. The zero-order valence-corrected chi connectivity index (χ0v) is 45.0. The first-order valence-corrected chi connectivity index (χ1v) is 26.6. The number of amides is 2. The quantitative estimate of drug-likeness (QED) is 0.0153. The van der Waals surface area contributed by atoms with Crippen LogP contribution in [0.4, 0.5) is 17.6 Å². The molecule has 2 aliphatic heterocycles. The second-order valence-electron chi connectivity index (χ2n) is 18.2. The van der Waals surface area contributed by atoms with E-state index >= 15 is 0 Å². The van der Waals surface area contributed by atoms with Gasteiger partial charge in [-0.1, -0.05) is 98.2 Å². The molecule has 4 rings (SSSR count). The van der Waals surface area contributed by atoms with Crippen molar-refractivity contribution in [1.29, 1.82) is 0 Å². The molecular weight excluding hydrogens is 943 g/mol. The van der Waals surface area contributed by atoms with Crippen LogP contribution in [0.5, 0.6) is 0 Å². The molecule has 2 aromatic rings.